The predicted molar refractivity (Wildman–Crippen MR) is 122 cm³/mol. The highest BCUT2D eigenvalue weighted by Gasteiger charge is 2.26. The fraction of sp³-hybridized carbons (Fsp3) is 0.440. The van der Waals surface area contributed by atoms with Gasteiger partial charge in [0.05, 0.1) is 5.56 Å². The molecule has 7 heteroatoms. The fourth-order valence-corrected chi connectivity index (χ4v) is 4.58. The maximum Gasteiger partial charge on any atom is 0.319 e. The van der Waals surface area contributed by atoms with Crippen molar-refractivity contribution >= 4 is 17.6 Å². The molecule has 1 aliphatic heterocycles. The molecule has 0 unspecified atom stereocenters. The molecule has 0 bridgehead atoms. The molecule has 2 aromatic rings. The molecule has 166 valence electrons. The number of likely N-dealkylation sites (tertiary alicyclic amines) is 1. The number of rotatable bonds is 4. The smallest absolute Gasteiger partial charge is 0.319 e. The Morgan fingerprint density at radius 3 is 2.50 bits per heavy atom. The largest absolute Gasteiger partial charge is 0.339 e. The molecule has 7 nitrogen and oxygen atoms in total. The van der Waals surface area contributed by atoms with Crippen LogP contribution in [0.1, 0.15) is 71.6 Å². The topological polar surface area (TPSA) is 98.1 Å². The van der Waals surface area contributed by atoms with E-state index in [1.165, 1.54) is 0 Å². The van der Waals surface area contributed by atoms with Gasteiger partial charge >= 0.3 is 6.03 Å². The zero-order chi connectivity index (χ0) is 22.5. The van der Waals surface area contributed by atoms with E-state index in [0.29, 0.717) is 35.8 Å². The van der Waals surface area contributed by atoms with Gasteiger partial charge in [0.1, 0.15) is 6.07 Å². The van der Waals surface area contributed by atoms with Crippen LogP contribution in [0.25, 0.3) is 0 Å². The average Bonchev–Trinajstić information content (AvgIpc) is 3.33. The van der Waals surface area contributed by atoms with Gasteiger partial charge in [0.15, 0.2) is 0 Å². The molecule has 2 fully saturated rings. The molecule has 2 heterocycles. The summed E-state index contributed by atoms with van der Waals surface area (Å²) < 4.78 is 0. The van der Waals surface area contributed by atoms with E-state index in [2.05, 4.69) is 21.7 Å². The van der Waals surface area contributed by atoms with Gasteiger partial charge in [0.25, 0.3) is 5.91 Å². The monoisotopic (exact) mass is 431 g/mol. The summed E-state index contributed by atoms with van der Waals surface area (Å²) in [5, 5.41) is 14.9. The van der Waals surface area contributed by atoms with Crippen LogP contribution in [0.5, 0.6) is 0 Å². The van der Waals surface area contributed by atoms with Gasteiger partial charge in [-0.1, -0.05) is 18.9 Å². The van der Waals surface area contributed by atoms with Crippen molar-refractivity contribution in [2.45, 2.75) is 57.4 Å². The van der Waals surface area contributed by atoms with E-state index in [-0.39, 0.29) is 18.0 Å². The summed E-state index contributed by atoms with van der Waals surface area (Å²) in [6.07, 6.45) is 7.66. The Kier molecular flexibility index (Phi) is 6.69. The molecule has 1 aromatic carbocycles. The summed E-state index contributed by atoms with van der Waals surface area (Å²) in [5.41, 5.74) is 3.71. The Morgan fingerprint density at radius 1 is 1.09 bits per heavy atom. The summed E-state index contributed by atoms with van der Waals surface area (Å²) in [4.78, 5) is 31.8. The number of aryl methyl sites for hydroxylation is 1. The second kappa shape index (κ2) is 9.82. The van der Waals surface area contributed by atoms with E-state index in [9.17, 15) is 9.59 Å². The number of carbonyl (C=O) groups is 2. The van der Waals surface area contributed by atoms with Crippen LogP contribution in [-0.4, -0.2) is 41.0 Å². The van der Waals surface area contributed by atoms with Gasteiger partial charge < -0.3 is 15.5 Å². The van der Waals surface area contributed by atoms with Crippen molar-refractivity contribution in [3.8, 4) is 6.07 Å². The van der Waals surface area contributed by atoms with Gasteiger partial charge in [-0.2, -0.15) is 5.26 Å². The second-order valence-corrected chi connectivity index (χ2v) is 8.76. The Bertz CT molecular complexity index is 1010. The Labute approximate surface area is 188 Å². The molecular weight excluding hydrogens is 402 g/mol. The van der Waals surface area contributed by atoms with Crippen molar-refractivity contribution < 1.29 is 9.59 Å². The highest BCUT2D eigenvalue weighted by molar-refractivity contribution is 5.97. The van der Waals surface area contributed by atoms with E-state index < -0.39 is 0 Å². The molecule has 0 atom stereocenters. The van der Waals surface area contributed by atoms with Crippen LogP contribution in [0, 0.1) is 18.3 Å². The third-order valence-electron chi connectivity index (χ3n) is 6.54. The van der Waals surface area contributed by atoms with Crippen molar-refractivity contribution in [3.05, 3.63) is 58.9 Å². The van der Waals surface area contributed by atoms with E-state index in [0.717, 1.165) is 49.8 Å². The standard InChI is InChI=1S/C25H29N5O2/c1-17-6-8-20(14-23(17)29-25(32)28-21-4-2-3-5-21)24(31)30-12-10-19(11-13-30)22-9-7-18(15-26)16-27-22/h6-9,14,16,19,21H,2-5,10-13H2,1H3,(H2,28,29,32). The highest BCUT2D eigenvalue weighted by atomic mass is 16.2. The van der Waals surface area contributed by atoms with Crippen molar-refractivity contribution in [3.63, 3.8) is 0 Å². The Hall–Kier alpha value is -3.40. The van der Waals surface area contributed by atoms with Gasteiger partial charge in [0.2, 0.25) is 0 Å². The number of aromatic nitrogens is 1. The first kappa shape index (κ1) is 21.8. The van der Waals surface area contributed by atoms with Gasteiger partial charge in [-0.15, -0.1) is 0 Å². The number of nitrogens with zero attached hydrogens (tertiary/aromatic N) is 3. The number of piperidine rings is 1. The van der Waals surface area contributed by atoms with Crippen molar-refractivity contribution in [2.75, 3.05) is 18.4 Å². The number of pyridine rings is 1. The maximum absolute atomic E-state index is 13.1. The summed E-state index contributed by atoms with van der Waals surface area (Å²) in [6.45, 7) is 3.24. The van der Waals surface area contributed by atoms with Gasteiger partial charge in [0, 0.05) is 48.2 Å². The zero-order valence-electron chi connectivity index (χ0n) is 18.4. The molecule has 2 aliphatic rings. The molecule has 1 saturated carbocycles. The number of anilines is 1. The third kappa shape index (κ3) is 5.08. The Morgan fingerprint density at radius 2 is 1.84 bits per heavy atom. The molecule has 1 aromatic heterocycles. The lowest BCUT2D eigenvalue weighted by Gasteiger charge is -2.32. The SMILES string of the molecule is Cc1ccc(C(=O)N2CCC(c3ccc(C#N)cn3)CC2)cc1NC(=O)NC1CCCC1. The predicted octanol–water partition coefficient (Wildman–Crippen LogP) is 4.35. The quantitative estimate of drug-likeness (QED) is 0.752. The molecular formula is C25H29N5O2. The number of hydrogen-bond acceptors (Lipinski definition) is 4. The molecule has 1 aliphatic carbocycles. The average molecular weight is 432 g/mol. The van der Waals surface area contributed by atoms with Crippen LogP contribution >= 0.6 is 0 Å². The number of urea groups is 1. The molecule has 32 heavy (non-hydrogen) atoms. The van der Waals surface area contributed by atoms with E-state index in [4.69, 9.17) is 5.26 Å². The highest BCUT2D eigenvalue weighted by Crippen LogP contribution is 2.28. The molecule has 3 amide bonds. The molecule has 1 saturated heterocycles. The first-order valence-electron chi connectivity index (χ1n) is 11.4. The molecule has 0 spiro atoms. The van der Waals surface area contributed by atoms with Crippen LogP contribution in [0.2, 0.25) is 0 Å². The summed E-state index contributed by atoms with van der Waals surface area (Å²) in [7, 11) is 0. The van der Waals surface area contributed by atoms with E-state index in [1.54, 1.807) is 18.3 Å². The maximum atomic E-state index is 13.1. The van der Waals surface area contributed by atoms with Crippen molar-refractivity contribution in [2.24, 2.45) is 0 Å². The van der Waals surface area contributed by atoms with Gasteiger partial charge in [-0.3, -0.25) is 9.78 Å². The molecule has 2 N–H and O–H groups in total. The fourth-order valence-electron chi connectivity index (χ4n) is 4.58. The van der Waals surface area contributed by atoms with Gasteiger partial charge in [-0.05, 0) is 62.4 Å². The Balaban J connectivity index is 1.36. The molecule has 0 radical (unpaired) electrons. The minimum absolute atomic E-state index is 0.0181. The van der Waals surface area contributed by atoms with Crippen LogP contribution in [0.15, 0.2) is 36.5 Å². The summed E-state index contributed by atoms with van der Waals surface area (Å²) in [5.74, 6) is 0.275. The van der Waals surface area contributed by atoms with Crippen LogP contribution in [0.4, 0.5) is 10.5 Å². The number of nitriles is 1. The summed E-state index contributed by atoms with van der Waals surface area (Å²) in [6, 6.07) is 11.3. The van der Waals surface area contributed by atoms with Crippen LogP contribution in [0.3, 0.4) is 0 Å². The normalized spacial score (nSPS) is 17.1. The van der Waals surface area contributed by atoms with E-state index in [1.807, 2.05) is 30.0 Å². The second-order valence-electron chi connectivity index (χ2n) is 8.76. The van der Waals surface area contributed by atoms with E-state index >= 15 is 0 Å². The number of nitrogens with one attached hydrogen (secondary N) is 2. The zero-order valence-corrected chi connectivity index (χ0v) is 18.4. The number of amides is 3. The lowest BCUT2D eigenvalue weighted by atomic mass is 9.92. The minimum Gasteiger partial charge on any atom is -0.339 e. The summed E-state index contributed by atoms with van der Waals surface area (Å²) >= 11 is 0. The van der Waals surface area contributed by atoms with Crippen LogP contribution in [-0.2, 0) is 0 Å². The lowest BCUT2D eigenvalue weighted by Crippen LogP contribution is -2.38. The number of hydrogen-bond donors (Lipinski definition) is 2. The third-order valence-corrected chi connectivity index (χ3v) is 6.54. The first-order chi connectivity index (χ1) is 15.5. The first-order valence-corrected chi connectivity index (χ1v) is 11.4. The number of carbonyl (C=O) groups excluding carboxylic acids is 2. The minimum atomic E-state index is -0.208. The molecule has 4 rings (SSSR count). The van der Waals surface area contributed by atoms with Crippen molar-refractivity contribution in [1.29, 1.82) is 5.26 Å². The lowest BCUT2D eigenvalue weighted by molar-refractivity contribution is 0.0712. The van der Waals surface area contributed by atoms with Crippen molar-refractivity contribution in [1.82, 2.24) is 15.2 Å². The number of benzene rings is 1. The van der Waals surface area contributed by atoms with Crippen LogP contribution < -0.4 is 10.6 Å². The van der Waals surface area contributed by atoms with Gasteiger partial charge in [-0.25, -0.2) is 4.79 Å².